The van der Waals surface area contributed by atoms with Gasteiger partial charge in [-0.1, -0.05) is 0 Å². The maximum Gasteiger partial charge on any atom is 0.271 e. The fourth-order valence-electron chi connectivity index (χ4n) is 1.95. The number of anilines is 1. The van der Waals surface area contributed by atoms with E-state index in [1.807, 2.05) is 39.8 Å². The predicted octanol–water partition coefficient (Wildman–Crippen LogP) is 0.474. The van der Waals surface area contributed by atoms with Crippen molar-refractivity contribution >= 4 is 11.6 Å². The molecule has 0 fully saturated rings. The van der Waals surface area contributed by atoms with Crippen molar-refractivity contribution in [2.45, 2.75) is 33.4 Å². The van der Waals surface area contributed by atoms with Crippen LogP contribution in [0.15, 0.2) is 0 Å². The lowest BCUT2D eigenvalue weighted by Gasteiger charge is -2.18. The molecule has 0 aromatic carbocycles. The fourth-order valence-corrected chi connectivity index (χ4v) is 1.95. The first-order valence-electron chi connectivity index (χ1n) is 6.15. The van der Waals surface area contributed by atoms with Gasteiger partial charge in [-0.05, 0) is 34.9 Å². The molecule has 1 atom stereocenters. The van der Waals surface area contributed by atoms with E-state index in [1.165, 1.54) is 0 Å². The Hall–Kier alpha value is -1.56. The second kappa shape index (κ2) is 5.86. The van der Waals surface area contributed by atoms with Crippen LogP contribution < -0.4 is 11.1 Å². The van der Waals surface area contributed by atoms with Gasteiger partial charge in [-0.2, -0.15) is 5.10 Å². The molecule has 0 aliphatic carbocycles. The van der Waals surface area contributed by atoms with Crippen LogP contribution >= 0.6 is 0 Å². The number of hydrogen-bond donors (Lipinski definition) is 2. The minimum Gasteiger partial charge on any atom is -0.395 e. The van der Waals surface area contributed by atoms with E-state index < -0.39 is 0 Å². The Kier molecular flexibility index (Phi) is 4.72. The molecule has 0 aliphatic rings. The highest BCUT2D eigenvalue weighted by Crippen LogP contribution is 2.16. The van der Waals surface area contributed by atoms with Crippen LogP contribution in [0, 0.1) is 6.92 Å². The van der Waals surface area contributed by atoms with E-state index in [2.05, 4.69) is 10.4 Å². The van der Waals surface area contributed by atoms with E-state index in [0.717, 1.165) is 6.54 Å². The van der Waals surface area contributed by atoms with Crippen LogP contribution in [-0.2, 0) is 6.54 Å². The third kappa shape index (κ3) is 3.22. The highest BCUT2D eigenvalue weighted by Gasteiger charge is 2.20. The highest BCUT2D eigenvalue weighted by atomic mass is 16.2. The summed E-state index contributed by atoms with van der Waals surface area (Å²) >= 11 is 0. The van der Waals surface area contributed by atoms with Gasteiger partial charge < -0.3 is 16.0 Å². The number of nitrogens with one attached hydrogen (secondary N) is 1. The zero-order valence-corrected chi connectivity index (χ0v) is 11.8. The maximum absolute atomic E-state index is 12.2. The Morgan fingerprint density at radius 3 is 2.67 bits per heavy atom. The number of rotatable bonds is 5. The second-order valence-corrected chi connectivity index (χ2v) is 4.80. The number of nitrogens with zero attached hydrogens (tertiary/aromatic N) is 3. The smallest absolute Gasteiger partial charge is 0.271 e. The summed E-state index contributed by atoms with van der Waals surface area (Å²) in [5.74, 6) is -0.163. The van der Waals surface area contributed by atoms with Crippen molar-refractivity contribution in [2.24, 2.45) is 0 Å². The molecule has 0 spiro atoms. The molecule has 1 heterocycles. The quantitative estimate of drug-likeness (QED) is 0.800. The van der Waals surface area contributed by atoms with Crippen LogP contribution in [0.2, 0.25) is 0 Å². The van der Waals surface area contributed by atoms with E-state index in [4.69, 9.17) is 5.73 Å². The average molecular weight is 253 g/mol. The number of likely N-dealkylation sites (N-methyl/N-ethyl adjacent to an activating group) is 1. The van der Waals surface area contributed by atoms with E-state index in [-0.39, 0.29) is 11.9 Å². The molecule has 102 valence electrons. The van der Waals surface area contributed by atoms with Gasteiger partial charge in [-0.15, -0.1) is 0 Å². The Bertz CT molecular complexity index is 424. The second-order valence-electron chi connectivity index (χ2n) is 4.80. The van der Waals surface area contributed by atoms with Gasteiger partial charge in [0.05, 0.1) is 11.4 Å². The van der Waals surface area contributed by atoms with Crippen molar-refractivity contribution in [3.8, 4) is 0 Å². The van der Waals surface area contributed by atoms with E-state index in [1.54, 1.807) is 4.68 Å². The monoisotopic (exact) mass is 253 g/mol. The summed E-state index contributed by atoms with van der Waals surface area (Å²) in [7, 11) is 3.94. The van der Waals surface area contributed by atoms with Crippen LogP contribution in [-0.4, -0.2) is 47.3 Å². The number of aromatic nitrogens is 2. The van der Waals surface area contributed by atoms with E-state index in [0.29, 0.717) is 23.6 Å². The minimum atomic E-state index is -0.163. The molecule has 0 saturated heterocycles. The van der Waals surface area contributed by atoms with Crippen LogP contribution in [0.25, 0.3) is 0 Å². The number of aryl methyl sites for hydroxylation is 2. The summed E-state index contributed by atoms with van der Waals surface area (Å²) in [4.78, 5) is 14.2. The molecule has 1 rings (SSSR count). The van der Waals surface area contributed by atoms with Crippen LogP contribution in [0.4, 0.5) is 5.69 Å². The molecule has 0 saturated carbocycles. The van der Waals surface area contributed by atoms with Gasteiger partial charge in [0.2, 0.25) is 0 Å². The topological polar surface area (TPSA) is 76.2 Å². The standard InChI is InChI=1S/C12H23N5O/c1-6-17-11(10(13)9(3)15-17)12(18)14-8(2)7-16(4)5/h8H,6-7,13H2,1-5H3,(H,14,18). The van der Waals surface area contributed by atoms with Crippen molar-refractivity contribution in [3.05, 3.63) is 11.4 Å². The Morgan fingerprint density at radius 2 is 2.17 bits per heavy atom. The maximum atomic E-state index is 12.2. The molecule has 1 amide bonds. The average Bonchev–Trinajstić information content (AvgIpc) is 2.53. The van der Waals surface area contributed by atoms with Crippen molar-refractivity contribution in [1.29, 1.82) is 0 Å². The van der Waals surface area contributed by atoms with Crippen LogP contribution in [0.1, 0.15) is 30.0 Å². The summed E-state index contributed by atoms with van der Waals surface area (Å²) in [5, 5.41) is 7.17. The van der Waals surface area contributed by atoms with Crippen LogP contribution in [0.5, 0.6) is 0 Å². The van der Waals surface area contributed by atoms with Crippen LogP contribution in [0.3, 0.4) is 0 Å². The molecule has 1 aromatic heterocycles. The number of nitrogen functional groups attached to an aromatic ring is 1. The van der Waals surface area contributed by atoms with Crippen molar-refractivity contribution in [2.75, 3.05) is 26.4 Å². The Morgan fingerprint density at radius 1 is 1.56 bits per heavy atom. The molecule has 0 bridgehead atoms. The van der Waals surface area contributed by atoms with Crippen molar-refractivity contribution in [3.63, 3.8) is 0 Å². The first-order valence-corrected chi connectivity index (χ1v) is 6.15. The summed E-state index contributed by atoms with van der Waals surface area (Å²) in [6.07, 6.45) is 0. The minimum absolute atomic E-state index is 0.0624. The number of nitrogens with two attached hydrogens (primary N) is 1. The fraction of sp³-hybridized carbons (Fsp3) is 0.667. The molecule has 3 N–H and O–H groups in total. The Balaban J connectivity index is 2.84. The van der Waals surface area contributed by atoms with Gasteiger partial charge >= 0.3 is 0 Å². The lowest BCUT2D eigenvalue weighted by molar-refractivity contribution is 0.0924. The molecular weight excluding hydrogens is 230 g/mol. The zero-order valence-electron chi connectivity index (χ0n) is 11.8. The third-order valence-electron chi connectivity index (χ3n) is 2.70. The number of carbonyl (C=O) groups is 1. The SMILES string of the molecule is CCn1nc(C)c(N)c1C(=O)NC(C)CN(C)C. The zero-order chi connectivity index (χ0) is 13.9. The molecule has 6 heteroatoms. The number of carbonyl (C=O) groups excluding carboxylic acids is 1. The van der Waals surface area contributed by atoms with Crippen molar-refractivity contribution in [1.82, 2.24) is 20.0 Å². The van der Waals surface area contributed by atoms with Gasteiger partial charge in [0, 0.05) is 19.1 Å². The number of hydrogen-bond acceptors (Lipinski definition) is 4. The van der Waals surface area contributed by atoms with E-state index in [9.17, 15) is 4.79 Å². The van der Waals surface area contributed by atoms with Crippen molar-refractivity contribution < 1.29 is 4.79 Å². The summed E-state index contributed by atoms with van der Waals surface area (Å²) < 4.78 is 1.64. The highest BCUT2D eigenvalue weighted by molar-refractivity contribution is 5.98. The lowest BCUT2D eigenvalue weighted by atomic mass is 10.2. The van der Waals surface area contributed by atoms with Gasteiger partial charge in [0.15, 0.2) is 0 Å². The summed E-state index contributed by atoms with van der Waals surface area (Å²) in [6, 6.07) is 0.0624. The van der Waals surface area contributed by atoms with Gasteiger partial charge in [-0.3, -0.25) is 9.48 Å². The normalized spacial score (nSPS) is 12.8. The predicted molar refractivity (Wildman–Crippen MR) is 72.5 cm³/mol. The third-order valence-corrected chi connectivity index (χ3v) is 2.70. The first-order chi connectivity index (χ1) is 8.36. The molecule has 18 heavy (non-hydrogen) atoms. The number of amides is 1. The molecular formula is C12H23N5O. The van der Waals surface area contributed by atoms with Gasteiger partial charge in [-0.25, -0.2) is 0 Å². The van der Waals surface area contributed by atoms with Gasteiger partial charge in [0.1, 0.15) is 5.69 Å². The molecule has 1 unspecified atom stereocenters. The summed E-state index contributed by atoms with van der Waals surface area (Å²) in [5.41, 5.74) is 7.52. The summed E-state index contributed by atoms with van der Waals surface area (Å²) in [6.45, 7) is 7.12. The largest absolute Gasteiger partial charge is 0.395 e. The molecule has 0 radical (unpaired) electrons. The Labute approximate surface area is 108 Å². The molecule has 0 aliphatic heterocycles. The first kappa shape index (κ1) is 14.5. The molecule has 6 nitrogen and oxygen atoms in total. The van der Waals surface area contributed by atoms with Gasteiger partial charge in [0.25, 0.3) is 5.91 Å². The van der Waals surface area contributed by atoms with E-state index >= 15 is 0 Å². The molecule has 1 aromatic rings. The lowest BCUT2D eigenvalue weighted by Crippen LogP contribution is -2.40.